The molecule has 1 atom stereocenters. The van der Waals surface area contributed by atoms with Crippen LogP contribution < -0.4 is 5.32 Å². The first-order valence-corrected chi connectivity index (χ1v) is 4.04. The fraction of sp³-hybridized carbons (Fsp3) is 1.00. The smallest absolute Gasteiger partial charge is 0.00900 e. The molecular formula is C8H17N. The van der Waals surface area contributed by atoms with Gasteiger partial charge in [-0.3, -0.25) is 0 Å². The lowest BCUT2D eigenvalue weighted by Gasteiger charge is -2.26. The van der Waals surface area contributed by atoms with Gasteiger partial charge in [0.15, 0.2) is 0 Å². The Morgan fingerprint density at radius 3 is 2.44 bits per heavy atom. The van der Waals surface area contributed by atoms with Crippen molar-refractivity contribution in [3.63, 3.8) is 0 Å². The Labute approximate surface area is 57.8 Å². The van der Waals surface area contributed by atoms with Crippen LogP contribution in [0.2, 0.25) is 0 Å². The van der Waals surface area contributed by atoms with Crippen LogP contribution >= 0.6 is 0 Å². The summed E-state index contributed by atoms with van der Waals surface area (Å²) in [7, 11) is 0. The summed E-state index contributed by atoms with van der Waals surface area (Å²) in [6.45, 7) is 5.83. The number of rotatable bonds is 1. The zero-order valence-electron chi connectivity index (χ0n) is 6.48. The molecule has 1 saturated heterocycles. The summed E-state index contributed by atoms with van der Waals surface area (Å²) >= 11 is 0. The van der Waals surface area contributed by atoms with Gasteiger partial charge in [-0.25, -0.2) is 0 Å². The molecule has 0 saturated carbocycles. The van der Waals surface area contributed by atoms with E-state index in [0.717, 1.165) is 12.0 Å². The first-order valence-electron chi connectivity index (χ1n) is 4.04. The van der Waals surface area contributed by atoms with Gasteiger partial charge in [0.05, 0.1) is 0 Å². The summed E-state index contributed by atoms with van der Waals surface area (Å²) in [5, 5.41) is 3.52. The van der Waals surface area contributed by atoms with E-state index in [-0.39, 0.29) is 0 Å². The molecule has 1 heterocycles. The maximum Gasteiger partial charge on any atom is 0.00900 e. The SMILES string of the molecule is CC(C)C1CCCCN1. The normalized spacial score (nSPS) is 29.0. The molecule has 0 radical (unpaired) electrons. The summed E-state index contributed by atoms with van der Waals surface area (Å²) in [4.78, 5) is 0. The van der Waals surface area contributed by atoms with Crippen molar-refractivity contribution in [1.82, 2.24) is 5.32 Å². The standard InChI is InChI=1S/C8H17N/c1-7(2)8-5-3-4-6-9-8/h7-9H,3-6H2,1-2H3. The van der Waals surface area contributed by atoms with Gasteiger partial charge in [-0.15, -0.1) is 0 Å². The molecule has 0 spiro atoms. The van der Waals surface area contributed by atoms with Crippen molar-refractivity contribution >= 4 is 0 Å². The second-order valence-electron chi connectivity index (χ2n) is 3.30. The minimum atomic E-state index is 0.804. The molecule has 1 nitrogen and oxygen atoms in total. The van der Waals surface area contributed by atoms with Gasteiger partial charge in [-0.05, 0) is 25.3 Å². The molecule has 0 aromatic rings. The highest BCUT2D eigenvalue weighted by Crippen LogP contribution is 2.13. The van der Waals surface area contributed by atoms with E-state index in [1.807, 2.05) is 0 Å². The van der Waals surface area contributed by atoms with Crippen LogP contribution in [-0.2, 0) is 0 Å². The summed E-state index contributed by atoms with van der Waals surface area (Å²) in [6.07, 6.45) is 4.19. The third-order valence-electron chi connectivity index (χ3n) is 2.15. The molecule has 54 valence electrons. The maximum atomic E-state index is 3.52. The summed E-state index contributed by atoms with van der Waals surface area (Å²) in [5.41, 5.74) is 0. The third-order valence-corrected chi connectivity index (χ3v) is 2.15. The van der Waals surface area contributed by atoms with E-state index in [0.29, 0.717) is 0 Å². The van der Waals surface area contributed by atoms with Gasteiger partial charge in [0.25, 0.3) is 0 Å². The van der Waals surface area contributed by atoms with E-state index in [1.165, 1.54) is 25.8 Å². The molecule has 0 aliphatic carbocycles. The highest BCUT2D eigenvalue weighted by atomic mass is 14.9. The number of piperidine rings is 1. The van der Waals surface area contributed by atoms with Crippen LogP contribution in [0.3, 0.4) is 0 Å². The Bertz CT molecular complexity index is 72.6. The number of hydrogen-bond acceptors (Lipinski definition) is 1. The molecule has 0 amide bonds. The van der Waals surface area contributed by atoms with Crippen molar-refractivity contribution in [2.24, 2.45) is 5.92 Å². The molecule has 1 N–H and O–H groups in total. The monoisotopic (exact) mass is 127 g/mol. The Hall–Kier alpha value is -0.0400. The Balaban J connectivity index is 2.23. The van der Waals surface area contributed by atoms with Crippen molar-refractivity contribution in [3.05, 3.63) is 0 Å². The predicted molar refractivity (Wildman–Crippen MR) is 40.5 cm³/mol. The molecule has 1 aliphatic heterocycles. The summed E-state index contributed by atoms with van der Waals surface area (Å²) in [6, 6.07) is 0.804. The highest BCUT2D eigenvalue weighted by Gasteiger charge is 2.14. The second-order valence-corrected chi connectivity index (χ2v) is 3.30. The summed E-state index contributed by atoms with van der Waals surface area (Å²) in [5.74, 6) is 0.824. The topological polar surface area (TPSA) is 12.0 Å². The fourth-order valence-electron chi connectivity index (χ4n) is 1.45. The molecular weight excluding hydrogens is 110 g/mol. The molecule has 1 aliphatic rings. The quantitative estimate of drug-likeness (QED) is 0.566. The van der Waals surface area contributed by atoms with E-state index in [2.05, 4.69) is 19.2 Å². The van der Waals surface area contributed by atoms with Gasteiger partial charge in [0.1, 0.15) is 0 Å². The van der Waals surface area contributed by atoms with Crippen LogP contribution in [0, 0.1) is 5.92 Å². The molecule has 0 aromatic carbocycles. The van der Waals surface area contributed by atoms with Crippen LogP contribution in [0.4, 0.5) is 0 Å². The number of nitrogens with one attached hydrogen (secondary N) is 1. The molecule has 1 rings (SSSR count). The van der Waals surface area contributed by atoms with Crippen LogP contribution in [0.25, 0.3) is 0 Å². The first kappa shape index (κ1) is 7.07. The molecule has 0 bridgehead atoms. The Kier molecular flexibility index (Phi) is 2.52. The second kappa shape index (κ2) is 3.21. The molecule has 0 aromatic heterocycles. The Morgan fingerprint density at radius 2 is 2.11 bits per heavy atom. The lowest BCUT2D eigenvalue weighted by Crippen LogP contribution is -2.37. The molecule has 1 heteroatoms. The average molecular weight is 127 g/mol. The van der Waals surface area contributed by atoms with Crippen LogP contribution in [0.15, 0.2) is 0 Å². The van der Waals surface area contributed by atoms with E-state index in [1.54, 1.807) is 0 Å². The number of hydrogen-bond donors (Lipinski definition) is 1. The van der Waals surface area contributed by atoms with Crippen molar-refractivity contribution < 1.29 is 0 Å². The molecule has 1 unspecified atom stereocenters. The molecule has 9 heavy (non-hydrogen) atoms. The van der Waals surface area contributed by atoms with Gasteiger partial charge < -0.3 is 5.32 Å². The largest absolute Gasteiger partial charge is 0.314 e. The van der Waals surface area contributed by atoms with Crippen LogP contribution in [0.1, 0.15) is 33.1 Å². The van der Waals surface area contributed by atoms with Crippen LogP contribution in [-0.4, -0.2) is 12.6 Å². The lowest BCUT2D eigenvalue weighted by atomic mass is 9.95. The van der Waals surface area contributed by atoms with Gasteiger partial charge in [-0.1, -0.05) is 20.3 Å². The zero-order valence-corrected chi connectivity index (χ0v) is 6.48. The lowest BCUT2D eigenvalue weighted by molar-refractivity contribution is 0.326. The Morgan fingerprint density at radius 1 is 1.33 bits per heavy atom. The average Bonchev–Trinajstić information content (AvgIpc) is 1.90. The van der Waals surface area contributed by atoms with Gasteiger partial charge >= 0.3 is 0 Å². The van der Waals surface area contributed by atoms with Gasteiger partial charge in [-0.2, -0.15) is 0 Å². The van der Waals surface area contributed by atoms with E-state index < -0.39 is 0 Å². The predicted octanol–water partition coefficient (Wildman–Crippen LogP) is 1.78. The minimum Gasteiger partial charge on any atom is -0.314 e. The maximum absolute atomic E-state index is 3.52. The van der Waals surface area contributed by atoms with Gasteiger partial charge in [0, 0.05) is 6.04 Å². The highest BCUT2D eigenvalue weighted by molar-refractivity contribution is 4.74. The van der Waals surface area contributed by atoms with Gasteiger partial charge in [0.2, 0.25) is 0 Å². The van der Waals surface area contributed by atoms with E-state index >= 15 is 0 Å². The zero-order chi connectivity index (χ0) is 6.69. The van der Waals surface area contributed by atoms with Crippen molar-refractivity contribution in [2.75, 3.05) is 6.54 Å². The first-order chi connectivity index (χ1) is 4.30. The fourth-order valence-corrected chi connectivity index (χ4v) is 1.45. The van der Waals surface area contributed by atoms with E-state index in [9.17, 15) is 0 Å². The van der Waals surface area contributed by atoms with Crippen molar-refractivity contribution in [1.29, 1.82) is 0 Å². The molecule has 1 fully saturated rings. The summed E-state index contributed by atoms with van der Waals surface area (Å²) < 4.78 is 0. The van der Waals surface area contributed by atoms with Crippen LogP contribution in [0.5, 0.6) is 0 Å². The van der Waals surface area contributed by atoms with Crippen molar-refractivity contribution in [3.8, 4) is 0 Å². The minimum absolute atomic E-state index is 0.804. The van der Waals surface area contributed by atoms with E-state index in [4.69, 9.17) is 0 Å². The van der Waals surface area contributed by atoms with Crippen molar-refractivity contribution in [2.45, 2.75) is 39.2 Å². The third kappa shape index (κ3) is 1.98.